The first-order valence-electron chi connectivity index (χ1n) is 8.45. The van der Waals surface area contributed by atoms with E-state index in [0.717, 1.165) is 12.8 Å². The Bertz CT molecular complexity index is 950. The van der Waals surface area contributed by atoms with E-state index < -0.39 is 15.7 Å². The van der Waals surface area contributed by atoms with E-state index in [1.165, 1.54) is 19.1 Å². The van der Waals surface area contributed by atoms with Crippen LogP contribution >= 0.6 is 0 Å². The number of benzene rings is 2. The molecule has 7 heteroatoms. The highest BCUT2D eigenvalue weighted by Crippen LogP contribution is 2.21. The molecule has 26 heavy (non-hydrogen) atoms. The van der Waals surface area contributed by atoms with Gasteiger partial charge in [0.05, 0.1) is 16.2 Å². The summed E-state index contributed by atoms with van der Waals surface area (Å²) in [6.45, 7) is 1.53. The van der Waals surface area contributed by atoms with E-state index in [1.807, 2.05) is 0 Å². The molecule has 0 aromatic heterocycles. The van der Waals surface area contributed by atoms with Gasteiger partial charge in [0.1, 0.15) is 0 Å². The maximum atomic E-state index is 12.6. The van der Waals surface area contributed by atoms with Gasteiger partial charge in [-0.3, -0.25) is 9.59 Å². The summed E-state index contributed by atoms with van der Waals surface area (Å²) in [5.74, 6) is -0.802. The van der Waals surface area contributed by atoms with Crippen LogP contribution in [-0.2, 0) is 9.84 Å². The molecule has 2 N–H and O–H groups in total. The van der Waals surface area contributed by atoms with Crippen molar-refractivity contribution in [3.63, 3.8) is 0 Å². The molecular formula is C19H20N2O4S. The summed E-state index contributed by atoms with van der Waals surface area (Å²) >= 11 is 0. The Balaban J connectivity index is 1.82. The second kappa shape index (κ2) is 7.29. The zero-order chi connectivity index (χ0) is 18.7. The van der Waals surface area contributed by atoms with Crippen LogP contribution in [0.4, 0.5) is 5.69 Å². The van der Waals surface area contributed by atoms with Crippen LogP contribution in [0.25, 0.3) is 0 Å². The summed E-state index contributed by atoms with van der Waals surface area (Å²) in [4.78, 5) is 24.7. The molecule has 0 saturated heterocycles. The number of carbonyl (C=O) groups is 2. The minimum Gasteiger partial charge on any atom is -0.349 e. The van der Waals surface area contributed by atoms with Gasteiger partial charge in [-0.25, -0.2) is 8.42 Å². The number of hydrogen-bond acceptors (Lipinski definition) is 4. The van der Waals surface area contributed by atoms with Crippen LogP contribution in [0.3, 0.4) is 0 Å². The van der Waals surface area contributed by atoms with Crippen molar-refractivity contribution < 1.29 is 18.0 Å². The standard InChI is InChI=1S/C19H20N2O4S/c1-2-26(24,25)17-9-4-3-8-16(17)19(23)21-15-7-5-6-13(12-15)18(22)20-14-10-11-14/h3-9,12,14H,2,10-11H2,1H3,(H,20,22)(H,21,23). The van der Waals surface area contributed by atoms with Gasteiger partial charge < -0.3 is 10.6 Å². The quantitative estimate of drug-likeness (QED) is 0.815. The Morgan fingerprint density at radius 2 is 1.77 bits per heavy atom. The number of rotatable bonds is 6. The lowest BCUT2D eigenvalue weighted by atomic mass is 10.1. The van der Waals surface area contributed by atoms with Crippen LogP contribution in [0.5, 0.6) is 0 Å². The number of amides is 2. The fraction of sp³-hybridized carbons (Fsp3) is 0.263. The van der Waals surface area contributed by atoms with Gasteiger partial charge in [-0.05, 0) is 43.2 Å². The Morgan fingerprint density at radius 3 is 2.46 bits per heavy atom. The summed E-state index contributed by atoms with van der Waals surface area (Å²) in [5, 5.41) is 5.56. The van der Waals surface area contributed by atoms with Crippen molar-refractivity contribution in [3.05, 3.63) is 59.7 Å². The lowest BCUT2D eigenvalue weighted by Gasteiger charge is -2.11. The third-order valence-electron chi connectivity index (χ3n) is 4.14. The van der Waals surface area contributed by atoms with Crippen LogP contribution in [0, 0.1) is 0 Å². The predicted octanol–water partition coefficient (Wildman–Crippen LogP) is 2.62. The van der Waals surface area contributed by atoms with E-state index in [2.05, 4.69) is 10.6 Å². The largest absolute Gasteiger partial charge is 0.349 e. The van der Waals surface area contributed by atoms with E-state index >= 15 is 0 Å². The first-order chi connectivity index (χ1) is 12.4. The second-order valence-corrected chi connectivity index (χ2v) is 8.43. The van der Waals surface area contributed by atoms with Crippen molar-refractivity contribution in [3.8, 4) is 0 Å². The maximum Gasteiger partial charge on any atom is 0.256 e. The lowest BCUT2D eigenvalue weighted by molar-refractivity contribution is 0.0949. The van der Waals surface area contributed by atoms with Crippen LogP contribution < -0.4 is 10.6 Å². The van der Waals surface area contributed by atoms with Gasteiger partial charge in [0.25, 0.3) is 11.8 Å². The van der Waals surface area contributed by atoms with Gasteiger partial charge in [-0.1, -0.05) is 25.1 Å². The smallest absolute Gasteiger partial charge is 0.256 e. The van der Waals surface area contributed by atoms with Gasteiger partial charge >= 0.3 is 0 Å². The highest BCUT2D eigenvalue weighted by molar-refractivity contribution is 7.91. The van der Waals surface area contributed by atoms with Crippen molar-refractivity contribution in [2.24, 2.45) is 0 Å². The van der Waals surface area contributed by atoms with Crippen LogP contribution in [0.15, 0.2) is 53.4 Å². The van der Waals surface area contributed by atoms with E-state index in [-0.39, 0.29) is 28.2 Å². The van der Waals surface area contributed by atoms with Crippen molar-refractivity contribution in [1.82, 2.24) is 5.32 Å². The molecule has 2 aromatic carbocycles. The zero-order valence-corrected chi connectivity index (χ0v) is 15.2. The van der Waals surface area contributed by atoms with Crippen LogP contribution in [0.1, 0.15) is 40.5 Å². The van der Waals surface area contributed by atoms with E-state index in [0.29, 0.717) is 11.3 Å². The third kappa shape index (κ3) is 4.11. The summed E-state index contributed by atoms with van der Waals surface area (Å²) < 4.78 is 24.4. The minimum atomic E-state index is -3.52. The molecule has 1 fully saturated rings. The molecular weight excluding hydrogens is 352 g/mol. The maximum absolute atomic E-state index is 12.6. The van der Waals surface area contributed by atoms with E-state index in [9.17, 15) is 18.0 Å². The Labute approximate surface area is 152 Å². The molecule has 2 amide bonds. The van der Waals surface area contributed by atoms with Gasteiger partial charge in [-0.2, -0.15) is 0 Å². The second-order valence-electron chi connectivity index (χ2n) is 6.18. The van der Waals surface area contributed by atoms with Crippen LogP contribution in [-0.4, -0.2) is 32.0 Å². The molecule has 3 rings (SSSR count). The molecule has 1 aliphatic rings. The summed E-state index contributed by atoms with van der Waals surface area (Å²) in [6, 6.07) is 12.9. The average Bonchev–Trinajstić information content (AvgIpc) is 3.46. The van der Waals surface area contributed by atoms with Crippen molar-refractivity contribution >= 4 is 27.3 Å². The number of sulfone groups is 1. The van der Waals surface area contributed by atoms with E-state index in [1.54, 1.807) is 36.4 Å². The van der Waals surface area contributed by atoms with Crippen molar-refractivity contribution in [2.75, 3.05) is 11.1 Å². The normalized spacial score (nSPS) is 13.9. The first-order valence-corrected chi connectivity index (χ1v) is 10.1. The number of hydrogen-bond donors (Lipinski definition) is 2. The Kier molecular flexibility index (Phi) is 5.08. The lowest BCUT2D eigenvalue weighted by Crippen LogP contribution is -2.25. The van der Waals surface area contributed by atoms with Crippen molar-refractivity contribution in [2.45, 2.75) is 30.7 Å². The molecule has 0 atom stereocenters. The molecule has 136 valence electrons. The predicted molar refractivity (Wildman–Crippen MR) is 99.1 cm³/mol. The minimum absolute atomic E-state index is 0.00244. The molecule has 1 saturated carbocycles. The van der Waals surface area contributed by atoms with E-state index in [4.69, 9.17) is 0 Å². The fourth-order valence-electron chi connectivity index (χ4n) is 2.51. The third-order valence-corrected chi connectivity index (χ3v) is 5.93. The van der Waals surface area contributed by atoms with Crippen LogP contribution in [0.2, 0.25) is 0 Å². The highest BCUT2D eigenvalue weighted by Gasteiger charge is 2.24. The van der Waals surface area contributed by atoms with Gasteiger partial charge in [0.15, 0.2) is 9.84 Å². The monoisotopic (exact) mass is 372 g/mol. The fourth-order valence-corrected chi connectivity index (χ4v) is 3.61. The summed E-state index contributed by atoms with van der Waals surface area (Å²) in [6.07, 6.45) is 1.98. The highest BCUT2D eigenvalue weighted by atomic mass is 32.2. The Hall–Kier alpha value is -2.67. The SMILES string of the molecule is CCS(=O)(=O)c1ccccc1C(=O)Nc1cccc(C(=O)NC2CC2)c1. The molecule has 2 aromatic rings. The van der Waals surface area contributed by atoms with Gasteiger partial charge in [0.2, 0.25) is 0 Å². The summed E-state index contributed by atoms with van der Waals surface area (Å²) in [7, 11) is -3.52. The summed E-state index contributed by atoms with van der Waals surface area (Å²) in [5.41, 5.74) is 0.966. The average molecular weight is 372 g/mol. The molecule has 0 unspecified atom stereocenters. The number of carbonyl (C=O) groups excluding carboxylic acids is 2. The number of nitrogens with one attached hydrogen (secondary N) is 2. The molecule has 0 heterocycles. The van der Waals surface area contributed by atoms with Gasteiger partial charge in [-0.15, -0.1) is 0 Å². The zero-order valence-electron chi connectivity index (χ0n) is 14.4. The Morgan fingerprint density at radius 1 is 1.04 bits per heavy atom. The van der Waals surface area contributed by atoms with Crippen molar-refractivity contribution in [1.29, 1.82) is 0 Å². The molecule has 0 radical (unpaired) electrons. The molecule has 6 nitrogen and oxygen atoms in total. The van der Waals surface area contributed by atoms with Gasteiger partial charge in [0, 0.05) is 17.3 Å². The first kappa shape index (κ1) is 18.1. The molecule has 0 bridgehead atoms. The topological polar surface area (TPSA) is 92.3 Å². The number of anilines is 1. The molecule has 0 spiro atoms. The molecule has 1 aliphatic carbocycles. The molecule has 0 aliphatic heterocycles.